The number of nitrogens with zero attached hydrogens (tertiary/aromatic N) is 4. The number of benzene rings is 1. The van der Waals surface area contributed by atoms with E-state index in [4.69, 9.17) is 5.11 Å². The van der Waals surface area contributed by atoms with Crippen LogP contribution in [0.25, 0.3) is 11.4 Å². The number of aliphatic hydroxyl groups is 1. The Morgan fingerprint density at radius 3 is 2.65 bits per heavy atom. The fourth-order valence-corrected chi connectivity index (χ4v) is 1.67. The summed E-state index contributed by atoms with van der Waals surface area (Å²) >= 11 is 0. The molecule has 0 radical (unpaired) electrons. The minimum absolute atomic E-state index is 0.147. The van der Waals surface area contributed by atoms with Crippen molar-refractivity contribution < 1.29 is 5.11 Å². The third kappa shape index (κ3) is 2.68. The van der Waals surface area contributed by atoms with Crippen molar-refractivity contribution in [3.63, 3.8) is 0 Å². The number of rotatable bonds is 5. The summed E-state index contributed by atoms with van der Waals surface area (Å²) in [6.07, 6.45) is 1.68. The van der Waals surface area contributed by atoms with Gasteiger partial charge in [0, 0.05) is 18.7 Å². The van der Waals surface area contributed by atoms with Crippen LogP contribution in [0.1, 0.15) is 18.9 Å². The molecule has 0 amide bonds. The lowest BCUT2D eigenvalue weighted by molar-refractivity contribution is 0.276. The lowest BCUT2D eigenvalue weighted by Crippen LogP contribution is -2.04. The van der Waals surface area contributed by atoms with Crippen molar-refractivity contribution in [2.24, 2.45) is 0 Å². The van der Waals surface area contributed by atoms with Crippen LogP contribution in [0.3, 0.4) is 0 Å². The summed E-state index contributed by atoms with van der Waals surface area (Å²) in [5, 5.41) is 20.4. The average molecular weight is 232 g/mol. The van der Waals surface area contributed by atoms with Gasteiger partial charge in [-0.3, -0.25) is 0 Å². The van der Waals surface area contributed by atoms with E-state index in [9.17, 15) is 0 Å². The minimum Gasteiger partial charge on any atom is -0.396 e. The van der Waals surface area contributed by atoms with E-state index >= 15 is 0 Å². The predicted molar refractivity (Wildman–Crippen MR) is 64.3 cm³/mol. The normalized spacial score (nSPS) is 10.7. The maximum Gasteiger partial charge on any atom is 0.182 e. The van der Waals surface area contributed by atoms with E-state index in [0.29, 0.717) is 13.0 Å². The Bertz CT molecular complexity index is 464. The highest BCUT2D eigenvalue weighted by Gasteiger charge is 2.07. The van der Waals surface area contributed by atoms with Crippen LogP contribution in [-0.2, 0) is 13.0 Å². The van der Waals surface area contributed by atoms with E-state index < -0.39 is 0 Å². The molecule has 5 heteroatoms. The highest BCUT2D eigenvalue weighted by molar-refractivity contribution is 5.54. The van der Waals surface area contributed by atoms with Crippen LogP contribution in [0, 0.1) is 0 Å². The molecule has 90 valence electrons. The van der Waals surface area contributed by atoms with E-state index in [0.717, 1.165) is 17.8 Å². The standard InChI is InChI=1S/C12H16N4O/c1-2-10-4-6-11(7-5-10)12-13-14-15-16(12)8-3-9-17/h4-7,17H,2-3,8-9H2,1H3. The SMILES string of the molecule is CCc1ccc(-c2nnnn2CCCO)cc1. The second-order valence-electron chi connectivity index (χ2n) is 3.85. The molecule has 0 saturated carbocycles. The molecule has 0 unspecified atom stereocenters. The number of hydrogen-bond acceptors (Lipinski definition) is 4. The van der Waals surface area contributed by atoms with Gasteiger partial charge >= 0.3 is 0 Å². The monoisotopic (exact) mass is 232 g/mol. The summed E-state index contributed by atoms with van der Waals surface area (Å²) in [4.78, 5) is 0. The van der Waals surface area contributed by atoms with Gasteiger partial charge in [-0.2, -0.15) is 0 Å². The van der Waals surface area contributed by atoms with E-state index in [2.05, 4.69) is 34.6 Å². The van der Waals surface area contributed by atoms with E-state index in [1.807, 2.05) is 12.1 Å². The van der Waals surface area contributed by atoms with E-state index in [-0.39, 0.29) is 6.61 Å². The summed E-state index contributed by atoms with van der Waals surface area (Å²) in [6.45, 7) is 2.91. The van der Waals surface area contributed by atoms with E-state index in [1.165, 1.54) is 5.56 Å². The summed E-state index contributed by atoms with van der Waals surface area (Å²) in [7, 11) is 0. The molecule has 0 spiro atoms. The van der Waals surface area contributed by atoms with Gasteiger partial charge < -0.3 is 5.11 Å². The molecule has 0 bridgehead atoms. The van der Waals surface area contributed by atoms with Gasteiger partial charge in [0.05, 0.1) is 0 Å². The van der Waals surface area contributed by atoms with Crippen LogP contribution in [0.4, 0.5) is 0 Å². The van der Waals surface area contributed by atoms with Crippen molar-refractivity contribution in [3.05, 3.63) is 29.8 Å². The zero-order chi connectivity index (χ0) is 12.1. The van der Waals surface area contributed by atoms with Crippen molar-refractivity contribution >= 4 is 0 Å². The molecule has 17 heavy (non-hydrogen) atoms. The Hall–Kier alpha value is -1.75. The van der Waals surface area contributed by atoms with Crippen LogP contribution < -0.4 is 0 Å². The molecule has 1 N–H and O–H groups in total. The van der Waals surface area contributed by atoms with Gasteiger partial charge in [0.2, 0.25) is 0 Å². The maximum absolute atomic E-state index is 8.81. The molecular weight excluding hydrogens is 216 g/mol. The Morgan fingerprint density at radius 2 is 2.00 bits per heavy atom. The highest BCUT2D eigenvalue weighted by Crippen LogP contribution is 2.16. The molecule has 0 fully saturated rings. The first kappa shape index (κ1) is 11.7. The average Bonchev–Trinajstić information content (AvgIpc) is 2.84. The molecule has 0 saturated heterocycles. The van der Waals surface area contributed by atoms with Crippen molar-refractivity contribution in [1.29, 1.82) is 0 Å². The van der Waals surface area contributed by atoms with Crippen molar-refractivity contribution in [3.8, 4) is 11.4 Å². The van der Waals surface area contributed by atoms with Crippen LogP contribution in [0.5, 0.6) is 0 Å². The molecule has 2 aromatic rings. The Kier molecular flexibility index (Phi) is 3.82. The second kappa shape index (κ2) is 5.54. The number of tetrazole rings is 1. The Balaban J connectivity index is 2.23. The topological polar surface area (TPSA) is 63.8 Å². The highest BCUT2D eigenvalue weighted by atomic mass is 16.3. The second-order valence-corrected chi connectivity index (χ2v) is 3.85. The van der Waals surface area contributed by atoms with Crippen LogP contribution in [-0.4, -0.2) is 31.9 Å². The lowest BCUT2D eigenvalue weighted by Gasteiger charge is -2.04. The first-order chi connectivity index (χ1) is 8.35. The van der Waals surface area contributed by atoms with Gasteiger partial charge in [-0.25, -0.2) is 4.68 Å². The molecular formula is C12H16N4O. The Morgan fingerprint density at radius 1 is 1.24 bits per heavy atom. The largest absolute Gasteiger partial charge is 0.396 e. The molecule has 2 rings (SSSR count). The summed E-state index contributed by atoms with van der Waals surface area (Å²) in [5.74, 6) is 0.751. The fraction of sp³-hybridized carbons (Fsp3) is 0.417. The number of aryl methyl sites for hydroxylation is 2. The Labute approximate surface area is 100 Å². The number of hydrogen-bond donors (Lipinski definition) is 1. The van der Waals surface area contributed by atoms with Gasteiger partial charge in [0.15, 0.2) is 5.82 Å². The quantitative estimate of drug-likeness (QED) is 0.843. The predicted octanol–water partition coefficient (Wildman–Crippen LogP) is 1.28. The van der Waals surface area contributed by atoms with Crippen LogP contribution in [0.15, 0.2) is 24.3 Å². The third-order valence-corrected chi connectivity index (χ3v) is 2.68. The molecule has 1 aromatic heterocycles. The smallest absolute Gasteiger partial charge is 0.182 e. The zero-order valence-corrected chi connectivity index (χ0v) is 9.87. The molecule has 1 aromatic carbocycles. The van der Waals surface area contributed by atoms with Gasteiger partial charge in [-0.15, -0.1) is 5.10 Å². The molecule has 5 nitrogen and oxygen atoms in total. The summed E-state index contributed by atoms with van der Waals surface area (Å²) < 4.78 is 1.72. The molecule has 0 aliphatic carbocycles. The summed E-state index contributed by atoms with van der Waals surface area (Å²) in [6, 6.07) is 8.22. The van der Waals surface area contributed by atoms with Gasteiger partial charge in [0.1, 0.15) is 0 Å². The molecule has 0 aliphatic heterocycles. The van der Waals surface area contributed by atoms with Crippen molar-refractivity contribution in [2.45, 2.75) is 26.3 Å². The van der Waals surface area contributed by atoms with Crippen molar-refractivity contribution in [1.82, 2.24) is 20.2 Å². The van der Waals surface area contributed by atoms with Gasteiger partial charge in [0.25, 0.3) is 0 Å². The van der Waals surface area contributed by atoms with Gasteiger partial charge in [-0.1, -0.05) is 31.2 Å². The lowest BCUT2D eigenvalue weighted by atomic mass is 10.1. The summed E-state index contributed by atoms with van der Waals surface area (Å²) in [5.41, 5.74) is 2.30. The fourth-order valence-electron chi connectivity index (χ4n) is 1.67. The minimum atomic E-state index is 0.147. The van der Waals surface area contributed by atoms with E-state index in [1.54, 1.807) is 4.68 Å². The van der Waals surface area contributed by atoms with Gasteiger partial charge in [-0.05, 0) is 28.8 Å². The van der Waals surface area contributed by atoms with Crippen LogP contribution in [0.2, 0.25) is 0 Å². The zero-order valence-electron chi connectivity index (χ0n) is 9.87. The molecule has 0 atom stereocenters. The number of aliphatic hydroxyl groups excluding tert-OH is 1. The first-order valence-electron chi connectivity index (χ1n) is 5.81. The van der Waals surface area contributed by atoms with Crippen LogP contribution >= 0.6 is 0 Å². The third-order valence-electron chi connectivity index (χ3n) is 2.68. The first-order valence-corrected chi connectivity index (χ1v) is 5.81. The molecule has 0 aliphatic rings. The molecule has 1 heterocycles. The van der Waals surface area contributed by atoms with Crippen molar-refractivity contribution in [2.75, 3.05) is 6.61 Å². The number of aromatic nitrogens is 4. The maximum atomic E-state index is 8.81.